The number of rotatable bonds is 7. The summed E-state index contributed by atoms with van der Waals surface area (Å²) in [5.41, 5.74) is 6.37. The lowest BCUT2D eigenvalue weighted by Gasteiger charge is -2.07. The number of nitrogens with one attached hydrogen (secondary N) is 1. The predicted molar refractivity (Wildman–Crippen MR) is 127 cm³/mol. The number of nitriles is 1. The molecule has 0 aliphatic carbocycles. The lowest BCUT2D eigenvalue weighted by atomic mass is 10.1. The Morgan fingerprint density at radius 3 is 2.48 bits per heavy atom. The van der Waals surface area contributed by atoms with Crippen LogP contribution in [-0.4, -0.2) is 30.9 Å². The first-order chi connectivity index (χ1) is 16.1. The molecule has 3 aromatic carbocycles. The number of amides is 1. The van der Waals surface area contributed by atoms with E-state index in [1.54, 1.807) is 24.4 Å². The summed E-state index contributed by atoms with van der Waals surface area (Å²) in [6.45, 7) is 0.550. The Balaban J connectivity index is 1.58. The Kier molecular flexibility index (Phi) is 6.37. The fourth-order valence-electron chi connectivity index (χ4n) is 3.62. The van der Waals surface area contributed by atoms with Gasteiger partial charge in [-0.1, -0.05) is 36.4 Å². The monoisotopic (exact) mass is 438 g/mol. The van der Waals surface area contributed by atoms with Gasteiger partial charge < -0.3 is 14.0 Å². The van der Waals surface area contributed by atoms with Gasteiger partial charge in [0.05, 0.1) is 32.1 Å². The van der Waals surface area contributed by atoms with Gasteiger partial charge in [0.15, 0.2) is 0 Å². The molecule has 0 spiro atoms. The van der Waals surface area contributed by atoms with Gasteiger partial charge in [-0.2, -0.15) is 10.4 Å². The molecule has 0 saturated heterocycles. The van der Waals surface area contributed by atoms with E-state index in [9.17, 15) is 10.1 Å². The molecule has 0 radical (unpaired) electrons. The smallest absolute Gasteiger partial charge is 0.271 e. The van der Waals surface area contributed by atoms with Crippen molar-refractivity contribution >= 4 is 23.0 Å². The summed E-state index contributed by atoms with van der Waals surface area (Å²) in [5.74, 6) is 0.656. The van der Waals surface area contributed by atoms with E-state index >= 15 is 0 Å². The Morgan fingerprint density at radius 2 is 1.76 bits per heavy atom. The van der Waals surface area contributed by atoms with Crippen molar-refractivity contribution in [3.8, 4) is 17.6 Å². The molecule has 4 rings (SSSR count). The number of benzene rings is 3. The van der Waals surface area contributed by atoms with E-state index in [1.165, 1.54) is 14.2 Å². The zero-order chi connectivity index (χ0) is 23.2. The van der Waals surface area contributed by atoms with E-state index in [4.69, 9.17) is 9.47 Å². The molecular weight excluding hydrogens is 416 g/mol. The number of hydrogen-bond donors (Lipinski definition) is 1. The summed E-state index contributed by atoms with van der Waals surface area (Å²) >= 11 is 0. The lowest BCUT2D eigenvalue weighted by Crippen LogP contribution is -2.17. The zero-order valence-corrected chi connectivity index (χ0v) is 18.3. The fourth-order valence-corrected chi connectivity index (χ4v) is 3.62. The normalized spacial score (nSPS) is 10.8. The second-order valence-electron chi connectivity index (χ2n) is 7.30. The molecule has 0 saturated carbocycles. The molecule has 7 heteroatoms. The molecule has 0 fully saturated rings. The Morgan fingerprint density at radius 1 is 1.06 bits per heavy atom. The summed E-state index contributed by atoms with van der Waals surface area (Å²) in [6.07, 6.45) is 3.58. The number of para-hydroxylation sites is 1. The number of hydrogen-bond acceptors (Lipinski definition) is 5. The number of fused-ring (bicyclic) bond motifs is 1. The number of carbonyl (C=O) groups is 1. The first-order valence-electron chi connectivity index (χ1n) is 10.2. The molecule has 164 valence electrons. The van der Waals surface area contributed by atoms with Crippen molar-refractivity contribution in [2.75, 3.05) is 14.2 Å². The highest BCUT2D eigenvalue weighted by Crippen LogP contribution is 2.23. The maximum atomic E-state index is 12.6. The summed E-state index contributed by atoms with van der Waals surface area (Å²) in [7, 11) is 3.05. The number of carbonyl (C=O) groups excluding carboxylic acids is 1. The molecule has 1 amide bonds. The molecule has 0 bridgehead atoms. The second-order valence-corrected chi connectivity index (χ2v) is 7.30. The summed E-state index contributed by atoms with van der Waals surface area (Å²) in [4.78, 5) is 12.6. The highest BCUT2D eigenvalue weighted by atomic mass is 16.5. The van der Waals surface area contributed by atoms with Crippen molar-refractivity contribution in [1.29, 1.82) is 5.26 Å². The van der Waals surface area contributed by atoms with Crippen LogP contribution in [0.25, 0.3) is 10.9 Å². The maximum Gasteiger partial charge on any atom is 0.271 e. The van der Waals surface area contributed by atoms with Gasteiger partial charge in [-0.25, -0.2) is 5.43 Å². The van der Waals surface area contributed by atoms with Crippen LogP contribution in [0.3, 0.4) is 0 Å². The SMILES string of the molecule is COc1cc(OC)cc(C(=O)N/N=C\c2cn(Cc3ccccc3C#N)c3ccccc23)c1. The number of methoxy groups -OCH3 is 2. The predicted octanol–water partition coefficient (Wildman–Crippen LogP) is 4.34. The van der Waals surface area contributed by atoms with Crippen molar-refractivity contribution in [3.63, 3.8) is 0 Å². The van der Waals surface area contributed by atoms with Crippen LogP contribution in [0.2, 0.25) is 0 Å². The first-order valence-corrected chi connectivity index (χ1v) is 10.2. The summed E-state index contributed by atoms with van der Waals surface area (Å²) in [6, 6.07) is 22.6. The van der Waals surface area contributed by atoms with Crippen molar-refractivity contribution in [2.24, 2.45) is 5.10 Å². The highest BCUT2D eigenvalue weighted by molar-refractivity contribution is 6.00. The van der Waals surface area contributed by atoms with Crippen molar-refractivity contribution in [1.82, 2.24) is 9.99 Å². The Bertz CT molecular complexity index is 1360. The van der Waals surface area contributed by atoms with E-state index in [-0.39, 0.29) is 5.91 Å². The highest BCUT2D eigenvalue weighted by Gasteiger charge is 2.11. The van der Waals surface area contributed by atoms with Crippen LogP contribution < -0.4 is 14.9 Å². The van der Waals surface area contributed by atoms with Crippen LogP contribution in [0.4, 0.5) is 0 Å². The van der Waals surface area contributed by atoms with E-state index in [0.29, 0.717) is 29.2 Å². The summed E-state index contributed by atoms with van der Waals surface area (Å²) in [5, 5.41) is 14.6. The molecule has 0 atom stereocenters. The van der Waals surface area contributed by atoms with Crippen LogP contribution in [-0.2, 0) is 6.54 Å². The van der Waals surface area contributed by atoms with Gasteiger partial charge >= 0.3 is 0 Å². The van der Waals surface area contributed by atoms with E-state index in [1.807, 2.05) is 54.7 Å². The Hall–Kier alpha value is -4.57. The molecule has 33 heavy (non-hydrogen) atoms. The zero-order valence-electron chi connectivity index (χ0n) is 18.3. The van der Waals surface area contributed by atoms with Gasteiger partial charge in [0, 0.05) is 40.8 Å². The summed E-state index contributed by atoms with van der Waals surface area (Å²) < 4.78 is 12.5. The number of nitrogens with zero attached hydrogens (tertiary/aromatic N) is 3. The minimum atomic E-state index is -0.380. The minimum Gasteiger partial charge on any atom is -0.497 e. The molecule has 1 aromatic heterocycles. The molecule has 1 N–H and O–H groups in total. The van der Waals surface area contributed by atoms with Crippen LogP contribution >= 0.6 is 0 Å². The fraction of sp³-hybridized carbons (Fsp3) is 0.115. The molecule has 1 heterocycles. The average Bonchev–Trinajstić information content (AvgIpc) is 3.21. The molecule has 7 nitrogen and oxygen atoms in total. The van der Waals surface area contributed by atoms with E-state index < -0.39 is 0 Å². The standard InChI is InChI=1S/C26H22N4O3/c1-32-22-11-20(12-23(13-22)33-2)26(31)29-28-15-21-17-30(25-10-6-5-9-24(21)25)16-19-8-4-3-7-18(19)14-27/h3-13,15,17H,16H2,1-2H3,(H,29,31)/b28-15-. The van der Waals surface area contributed by atoms with Crippen LogP contribution in [0, 0.1) is 11.3 Å². The first kappa shape index (κ1) is 21.7. The van der Waals surface area contributed by atoms with Crippen molar-refractivity contribution in [3.05, 3.63) is 95.2 Å². The number of aromatic nitrogens is 1. The van der Waals surface area contributed by atoms with Gasteiger partial charge in [-0.3, -0.25) is 4.79 Å². The van der Waals surface area contributed by atoms with Gasteiger partial charge in [0.1, 0.15) is 11.5 Å². The molecule has 0 aliphatic heterocycles. The minimum absolute atomic E-state index is 0.374. The molecule has 4 aromatic rings. The van der Waals surface area contributed by atoms with Gasteiger partial charge in [-0.15, -0.1) is 0 Å². The van der Waals surface area contributed by atoms with Gasteiger partial charge in [0.25, 0.3) is 5.91 Å². The van der Waals surface area contributed by atoms with Crippen molar-refractivity contribution < 1.29 is 14.3 Å². The Labute approximate surface area is 191 Å². The topological polar surface area (TPSA) is 88.6 Å². The maximum absolute atomic E-state index is 12.6. The van der Waals surface area contributed by atoms with Crippen LogP contribution in [0.5, 0.6) is 11.5 Å². The number of ether oxygens (including phenoxy) is 2. The van der Waals surface area contributed by atoms with Gasteiger partial charge in [-0.05, 0) is 29.8 Å². The molecule has 0 unspecified atom stereocenters. The third-order valence-electron chi connectivity index (χ3n) is 5.28. The lowest BCUT2D eigenvalue weighted by molar-refractivity contribution is 0.0954. The third-order valence-corrected chi connectivity index (χ3v) is 5.28. The third kappa shape index (κ3) is 4.70. The molecule has 0 aliphatic rings. The second kappa shape index (κ2) is 9.71. The van der Waals surface area contributed by atoms with Crippen LogP contribution in [0.15, 0.2) is 78.0 Å². The quantitative estimate of drug-likeness (QED) is 0.343. The largest absolute Gasteiger partial charge is 0.497 e. The van der Waals surface area contributed by atoms with Crippen molar-refractivity contribution in [2.45, 2.75) is 6.54 Å². The van der Waals surface area contributed by atoms with Gasteiger partial charge in [0.2, 0.25) is 0 Å². The average molecular weight is 438 g/mol. The van der Waals surface area contributed by atoms with E-state index in [2.05, 4.69) is 21.2 Å². The van der Waals surface area contributed by atoms with Crippen LogP contribution in [0.1, 0.15) is 27.0 Å². The number of hydrazone groups is 1. The molecular formula is C26H22N4O3. The van der Waals surface area contributed by atoms with E-state index in [0.717, 1.165) is 22.0 Å².